The lowest BCUT2D eigenvalue weighted by Crippen LogP contribution is -2.53. The van der Waals surface area contributed by atoms with Crippen LogP contribution in [0.5, 0.6) is 0 Å². The molecule has 2 fully saturated rings. The molecule has 4 aliphatic rings. The third-order valence-electron chi connectivity index (χ3n) is 5.18. The number of carbonyl (C=O) groups is 3. The summed E-state index contributed by atoms with van der Waals surface area (Å²) in [5.41, 5.74) is 9.55. The number of hydrogen-bond donors (Lipinski definition) is 4. The molecule has 6 N–H and O–H groups in total. The molecule has 2 saturated heterocycles. The first-order valence-corrected chi connectivity index (χ1v) is 7.26. The van der Waals surface area contributed by atoms with E-state index in [-0.39, 0.29) is 47.0 Å². The van der Waals surface area contributed by atoms with Crippen molar-refractivity contribution in [2.75, 3.05) is 13.2 Å². The van der Waals surface area contributed by atoms with Gasteiger partial charge in [0.25, 0.3) is 0 Å². The van der Waals surface area contributed by atoms with Gasteiger partial charge < -0.3 is 31.5 Å². The van der Waals surface area contributed by atoms with Crippen LogP contribution in [0, 0.1) is 5.92 Å². The van der Waals surface area contributed by atoms with Gasteiger partial charge in [0.1, 0.15) is 6.61 Å². The highest BCUT2D eigenvalue weighted by Gasteiger charge is 2.71. The first kappa shape index (κ1) is 14.2. The van der Waals surface area contributed by atoms with E-state index >= 15 is 0 Å². The van der Waals surface area contributed by atoms with Crippen LogP contribution in [0.3, 0.4) is 0 Å². The SMILES string of the molecule is CC1=C(N)C(=O)C2=C(C1=O)N1CC3NC3C1(O)C2COC(N)=O. The number of aliphatic hydroxyl groups is 1. The molecule has 3 heterocycles. The maximum absolute atomic E-state index is 12.6. The molecule has 0 saturated carbocycles. The van der Waals surface area contributed by atoms with Crippen molar-refractivity contribution in [3.8, 4) is 0 Å². The largest absolute Gasteiger partial charge is 0.449 e. The van der Waals surface area contributed by atoms with E-state index < -0.39 is 23.5 Å². The van der Waals surface area contributed by atoms with Crippen LogP contribution in [0.2, 0.25) is 0 Å². The van der Waals surface area contributed by atoms with Crippen LogP contribution in [0.15, 0.2) is 22.5 Å². The topological polar surface area (TPSA) is 158 Å². The Balaban J connectivity index is 1.82. The molecular weight excluding hydrogens is 304 g/mol. The van der Waals surface area contributed by atoms with E-state index in [9.17, 15) is 19.5 Å². The number of primary amides is 1. The summed E-state index contributed by atoms with van der Waals surface area (Å²) in [7, 11) is 0. The van der Waals surface area contributed by atoms with Gasteiger partial charge in [-0.25, -0.2) is 4.79 Å². The zero-order valence-electron chi connectivity index (χ0n) is 12.3. The predicted molar refractivity (Wildman–Crippen MR) is 75.3 cm³/mol. The predicted octanol–water partition coefficient (Wildman–Crippen LogP) is -2.31. The van der Waals surface area contributed by atoms with Crippen molar-refractivity contribution < 1.29 is 24.2 Å². The molecule has 9 nitrogen and oxygen atoms in total. The molecule has 0 spiro atoms. The summed E-state index contributed by atoms with van der Waals surface area (Å²) < 4.78 is 4.83. The van der Waals surface area contributed by atoms with Crippen molar-refractivity contribution in [2.24, 2.45) is 17.4 Å². The van der Waals surface area contributed by atoms with Gasteiger partial charge in [0.05, 0.1) is 23.4 Å². The second kappa shape index (κ2) is 4.12. The Hall–Kier alpha value is -2.39. The summed E-state index contributed by atoms with van der Waals surface area (Å²) in [4.78, 5) is 37.7. The molecule has 0 aromatic heterocycles. The van der Waals surface area contributed by atoms with Crippen LogP contribution in [0.1, 0.15) is 6.92 Å². The third kappa shape index (κ3) is 1.55. The van der Waals surface area contributed by atoms with Crippen LogP contribution in [0.25, 0.3) is 0 Å². The number of rotatable bonds is 2. The fourth-order valence-corrected chi connectivity index (χ4v) is 3.96. The Bertz CT molecular complexity index is 741. The van der Waals surface area contributed by atoms with E-state index in [1.807, 2.05) is 0 Å². The average molecular weight is 320 g/mol. The van der Waals surface area contributed by atoms with Gasteiger partial charge in [-0.1, -0.05) is 0 Å². The van der Waals surface area contributed by atoms with Gasteiger partial charge in [-0.2, -0.15) is 0 Å². The van der Waals surface area contributed by atoms with Crippen molar-refractivity contribution in [2.45, 2.75) is 24.7 Å². The number of piperazine rings is 1. The van der Waals surface area contributed by atoms with E-state index in [0.717, 1.165) is 0 Å². The van der Waals surface area contributed by atoms with E-state index in [2.05, 4.69) is 5.32 Å². The van der Waals surface area contributed by atoms with E-state index in [1.165, 1.54) is 6.92 Å². The fraction of sp³-hybridized carbons (Fsp3) is 0.500. The first-order valence-electron chi connectivity index (χ1n) is 7.26. The van der Waals surface area contributed by atoms with Crippen LogP contribution in [-0.2, 0) is 14.3 Å². The maximum atomic E-state index is 12.6. The molecule has 0 aromatic carbocycles. The molecule has 4 unspecified atom stereocenters. The van der Waals surface area contributed by atoms with Crippen molar-refractivity contribution in [3.05, 3.63) is 22.5 Å². The molecule has 0 aromatic rings. The van der Waals surface area contributed by atoms with Gasteiger partial charge in [0.15, 0.2) is 5.72 Å². The summed E-state index contributed by atoms with van der Waals surface area (Å²) in [6.07, 6.45) is -1.01. The Morgan fingerprint density at radius 1 is 1.48 bits per heavy atom. The molecule has 3 aliphatic heterocycles. The van der Waals surface area contributed by atoms with E-state index in [4.69, 9.17) is 16.2 Å². The van der Waals surface area contributed by atoms with Crippen molar-refractivity contribution in [1.29, 1.82) is 0 Å². The van der Waals surface area contributed by atoms with Gasteiger partial charge >= 0.3 is 6.09 Å². The van der Waals surface area contributed by atoms with Gasteiger partial charge in [-0.3, -0.25) is 9.59 Å². The zero-order valence-corrected chi connectivity index (χ0v) is 12.3. The molecule has 0 radical (unpaired) electrons. The Kier molecular flexibility index (Phi) is 2.55. The lowest BCUT2D eigenvalue weighted by molar-refractivity contribution is -0.122. The molecular formula is C14H16N4O5. The molecule has 1 aliphatic carbocycles. The number of allylic oxidation sites excluding steroid dienone is 2. The fourth-order valence-electron chi connectivity index (χ4n) is 3.96. The Morgan fingerprint density at radius 3 is 2.83 bits per heavy atom. The normalized spacial score (nSPS) is 37.8. The minimum absolute atomic E-state index is 0.0385. The maximum Gasteiger partial charge on any atom is 0.404 e. The van der Waals surface area contributed by atoms with E-state index in [0.29, 0.717) is 6.54 Å². The number of ether oxygens (including phenoxy) is 1. The van der Waals surface area contributed by atoms with Gasteiger partial charge in [0.2, 0.25) is 11.6 Å². The molecule has 122 valence electrons. The quantitative estimate of drug-likeness (QED) is 0.326. The number of ketones is 2. The summed E-state index contributed by atoms with van der Waals surface area (Å²) in [5.74, 6) is -1.76. The molecule has 1 amide bonds. The molecule has 4 atom stereocenters. The van der Waals surface area contributed by atoms with Crippen molar-refractivity contribution >= 4 is 17.7 Å². The lowest BCUT2D eigenvalue weighted by Gasteiger charge is -2.36. The molecule has 23 heavy (non-hydrogen) atoms. The van der Waals surface area contributed by atoms with Crippen molar-refractivity contribution in [3.63, 3.8) is 0 Å². The highest BCUT2D eigenvalue weighted by atomic mass is 16.5. The number of nitrogens with one attached hydrogen (secondary N) is 1. The monoisotopic (exact) mass is 320 g/mol. The Labute approximate surface area is 130 Å². The van der Waals surface area contributed by atoms with Gasteiger partial charge in [-0.05, 0) is 6.92 Å². The summed E-state index contributed by atoms with van der Waals surface area (Å²) >= 11 is 0. The lowest BCUT2D eigenvalue weighted by atomic mass is 9.83. The average Bonchev–Trinajstić information content (AvgIpc) is 3.15. The Morgan fingerprint density at radius 2 is 2.17 bits per heavy atom. The van der Waals surface area contributed by atoms with E-state index in [1.54, 1.807) is 4.90 Å². The van der Waals surface area contributed by atoms with Gasteiger partial charge in [0, 0.05) is 23.7 Å². The van der Waals surface area contributed by atoms with Crippen LogP contribution < -0.4 is 16.8 Å². The number of carbonyl (C=O) groups excluding carboxylic acids is 3. The molecule has 0 bridgehead atoms. The minimum Gasteiger partial charge on any atom is -0.449 e. The highest BCUT2D eigenvalue weighted by molar-refractivity contribution is 6.25. The first-order chi connectivity index (χ1) is 10.8. The third-order valence-corrected chi connectivity index (χ3v) is 5.18. The molecule has 4 rings (SSSR count). The highest BCUT2D eigenvalue weighted by Crippen LogP contribution is 2.53. The zero-order chi connectivity index (χ0) is 16.7. The summed E-state index contributed by atoms with van der Waals surface area (Å²) in [5, 5.41) is 14.3. The smallest absolute Gasteiger partial charge is 0.404 e. The van der Waals surface area contributed by atoms with Crippen LogP contribution in [-0.4, -0.2) is 58.6 Å². The van der Waals surface area contributed by atoms with Crippen LogP contribution in [0.4, 0.5) is 4.79 Å². The number of nitrogens with two attached hydrogens (primary N) is 2. The summed E-state index contributed by atoms with van der Waals surface area (Å²) in [6, 6.07) is -0.256. The second-order valence-electron chi connectivity index (χ2n) is 6.29. The van der Waals surface area contributed by atoms with Gasteiger partial charge in [-0.15, -0.1) is 0 Å². The number of fused-ring (bicyclic) bond motifs is 4. The second-order valence-corrected chi connectivity index (χ2v) is 6.29. The summed E-state index contributed by atoms with van der Waals surface area (Å²) in [6.45, 7) is 1.59. The molecule has 9 heteroatoms. The van der Waals surface area contributed by atoms with Crippen LogP contribution >= 0.6 is 0 Å². The number of Topliss-reactive ketones (excluding diaryl/α,β-unsaturated/α-hetero) is 2. The standard InChI is InChI=1S/C14H16N4O5/c1-4-8(15)11(20)7-5(3-23-13(16)21)14(22)12-6(17-12)2-18(14)9(7)10(4)19/h5-6,12,17,22H,2-3,15H2,1H3,(H2,16,21). The van der Waals surface area contributed by atoms with Crippen molar-refractivity contribution in [1.82, 2.24) is 10.2 Å². The number of amides is 1. The number of nitrogens with zero attached hydrogens (tertiary/aromatic N) is 1. The number of hydrogen-bond acceptors (Lipinski definition) is 8. The minimum atomic E-state index is -1.50.